The lowest BCUT2D eigenvalue weighted by Gasteiger charge is -2.23. The Morgan fingerprint density at radius 1 is 1.56 bits per heavy atom. The van der Waals surface area contributed by atoms with E-state index in [9.17, 15) is 9.59 Å². The number of amides is 1. The molecule has 6 nitrogen and oxygen atoms in total. The van der Waals surface area contributed by atoms with E-state index in [1.54, 1.807) is 0 Å². The van der Waals surface area contributed by atoms with Crippen molar-refractivity contribution in [1.29, 1.82) is 0 Å². The minimum absolute atomic E-state index is 0.0687. The van der Waals surface area contributed by atoms with Crippen LogP contribution in [0, 0.1) is 0 Å². The first-order valence-electron chi connectivity index (χ1n) is 5.64. The van der Waals surface area contributed by atoms with Crippen molar-refractivity contribution in [2.75, 3.05) is 19.0 Å². The lowest BCUT2D eigenvalue weighted by Crippen LogP contribution is -2.17. The molecule has 1 aliphatic carbocycles. The van der Waals surface area contributed by atoms with Crippen LogP contribution in [0.4, 0.5) is 5.13 Å². The topological polar surface area (TPSA) is 88.5 Å². The molecule has 0 bridgehead atoms. The van der Waals surface area contributed by atoms with Crippen LogP contribution >= 0.6 is 11.3 Å². The monoisotopic (exact) mass is 270 g/mol. The van der Waals surface area contributed by atoms with Gasteiger partial charge in [0.2, 0.25) is 0 Å². The van der Waals surface area contributed by atoms with Crippen LogP contribution in [0.3, 0.4) is 0 Å². The predicted molar refractivity (Wildman–Crippen MR) is 66.2 cm³/mol. The highest BCUT2D eigenvalue weighted by molar-refractivity contribution is 7.17. The van der Waals surface area contributed by atoms with Crippen LogP contribution in [-0.4, -0.2) is 35.7 Å². The van der Waals surface area contributed by atoms with Crippen molar-refractivity contribution >= 4 is 28.3 Å². The summed E-state index contributed by atoms with van der Waals surface area (Å²) in [6.07, 6.45) is 3.04. The zero-order chi connectivity index (χ0) is 13.1. The van der Waals surface area contributed by atoms with Crippen molar-refractivity contribution in [3.8, 4) is 0 Å². The predicted octanol–water partition coefficient (Wildman–Crippen LogP) is 1.69. The average Bonchev–Trinajstić information content (AvgIpc) is 2.59. The summed E-state index contributed by atoms with van der Waals surface area (Å²) in [5, 5.41) is 12.0. The van der Waals surface area contributed by atoms with E-state index in [1.165, 1.54) is 7.11 Å². The molecule has 0 spiro atoms. The number of carboxylic acids is 1. The summed E-state index contributed by atoms with van der Waals surface area (Å²) in [5.41, 5.74) is 0.603. The molecule has 0 atom stereocenters. The molecule has 1 aliphatic rings. The third-order valence-electron chi connectivity index (χ3n) is 2.86. The number of carbonyl (C=O) groups is 2. The van der Waals surface area contributed by atoms with Gasteiger partial charge in [0.25, 0.3) is 5.91 Å². The Bertz CT molecular complexity index is 468. The van der Waals surface area contributed by atoms with Crippen molar-refractivity contribution in [2.45, 2.75) is 25.2 Å². The first-order valence-corrected chi connectivity index (χ1v) is 6.46. The number of rotatable bonds is 5. The van der Waals surface area contributed by atoms with Gasteiger partial charge in [-0.1, -0.05) is 17.8 Å². The molecule has 2 N–H and O–H groups in total. The molecule has 1 aromatic heterocycles. The summed E-state index contributed by atoms with van der Waals surface area (Å²) in [5.74, 6) is -1.09. The summed E-state index contributed by atoms with van der Waals surface area (Å²) in [6, 6.07) is 0. The van der Waals surface area contributed by atoms with Crippen LogP contribution in [-0.2, 0) is 9.53 Å². The second-order valence-electron chi connectivity index (χ2n) is 4.15. The summed E-state index contributed by atoms with van der Waals surface area (Å²) >= 11 is 1.00. The fraction of sp³-hybridized carbons (Fsp3) is 0.545. The van der Waals surface area contributed by atoms with Crippen LogP contribution in [0.2, 0.25) is 0 Å². The molecule has 0 saturated heterocycles. The van der Waals surface area contributed by atoms with Gasteiger partial charge in [0.1, 0.15) is 11.5 Å². The number of thiazole rings is 1. The Morgan fingerprint density at radius 3 is 2.78 bits per heavy atom. The number of nitrogens with one attached hydrogen (secondary N) is 1. The van der Waals surface area contributed by atoms with Gasteiger partial charge < -0.3 is 9.84 Å². The van der Waals surface area contributed by atoms with Crippen molar-refractivity contribution < 1.29 is 19.4 Å². The Kier molecular flexibility index (Phi) is 3.93. The van der Waals surface area contributed by atoms with Crippen LogP contribution in [0.5, 0.6) is 0 Å². The van der Waals surface area contributed by atoms with Gasteiger partial charge in [0, 0.05) is 13.0 Å². The normalized spacial score (nSPS) is 15.2. The number of carboxylic acid groups (broad SMARTS) is 1. The molecule has 1 heterocycles. The number of hydrogen-bond donors (Lipinski definition) is 2. The maximum atomic E-state index is 11.3. The minimum Gasteiger partial charge on any atom is -0.477 e. The first-order chi connectivity index (χ1) is 8.61. The van der Waals surface area contributed by atoms with E-state index in [0.29, 0.717) is 10.8 Å². The Hall–Kier alpha value is -1.47. The van der Waals surface area contributed by atoms with E-state index >= 15 is 0 Å². The fourth-order valence-corrected chi connectivity index (χ4v) is 2.69. The average molecular weight is 270 g/mol. The molecular weight excluding hydrogens is 256 g/mol. The van der Waals surface area contributed by atoms with Crippen LogP contribution in [0.25, 0.3) is 0 Å². The first kappa shape index (κ1) is 13.0. The molecule has 0 unspecified atom stereocenters. The van der Waals surface area contributed by atoms with Crippen molar-refractivity contribution in [3.63, 3.8) is 0 Å². The maximum absolute atomic E-state index is 11.3. The van der Waals surface area contributed by atoms with Crippen molar-refractivity contribution in [1.82, 2.24) is 4.98 Å². The smallest absolute Gasteiger partial charge is 0.347 e. The zero-order valence-corrected chi connectivity index (χ0v) is 10.7. The highest BCUT2D eigenvalue weighted by atomic mass is 32.1. The number of anilines is 1. The van der Waals surface area contributed by atoms with Gasteiger partial charge in [-0.3, -0.25) is 10.1 Å². The standard InChI is InChI=1S/C11H14N2O4S/c1-17-5-7(14)12-11-13-8(6-3-2-4-6)9(18-11)10(15)16/h6H,2-5H2,1H3,(H,15,16)(H,12,13,14). The molecule has 0 aliphatic heterocycles. The summed E-state index contributed by atoms with van der Waals surface area (Å²) in [4.78, 5) is 26.9. The van der Waals surface area contributed by atoms with E-state index in [-0.39, 0.29) is 23.3 Å². The van der Waals surface area contributed by atoms with Gasteiger partial charge in [0.15, 0.2) is 5.13 Å². The Balaban J connectivity index is 2.16. The van der Waals surface area contributed by atoms with E-state index in [2.05, 4.69) is 15.0 Å². The molecule has 0 aromatic carbocycles. The molecule has 18 heavy (non-hydrogen) atoms. The van der Waals surface area contributed by atoms with E-state index in [1.807, 2.05) is 0 Å². The number of methoxy groups -OCH3 is 1. The minimum atomic E-state index is -0.985. The number of hydrogen-bond acceptors (Lipinski definition) is 5. The van der Waals surface area contributed by atoms with Gasteiger partial charge in [0.05, 0.1) is 5.69 Å². The highest BCUT2D eigenvalue weighted by Gasteiger charge is 2.29. The second-order valence-corrected chi connectivity index (χ2v) is 5.15. The van der Waals surface area contributed by atoms with Gasteiger partial charge in [-0.25, -0.2) is 9.78 Å². The van der Waals surface area contributed by atoms with E-state index in [4.69, 9.17) is 5.11 Å². The summed E-state index contributed by atoms with van der Waals surface area (Å²) in [7, 11) is 1.42. The molecule has 1 saturated carbocycles. The van der Waals surface area contributed by atoms with Gasteiger partial charge in [-0.2, -0.15) is 0 Å². The molecule has 1 amide bonds. The van der Waals surface area contributed by atoms with Crippen molar-refractivity contribution in [3.05, 3.63) is 10.6 Å². The molecular formula is C11H14N2O4S. The lowest BCUT2D eigenvalue weighted by atomic mass is 9.82. The second kappa shape index (κ2) is 5.45. The van der Waals surface area contributed by atoms with Gasteiger partial charge in [-0.15, -0.1) is 0 Å². The molecule has 1 fully saturated rings. The SMILES string of the molecule is COCC(=O)Nc1nc(C2CCC2)c(C(=O)O)s1. The fourth-order valence-electron chi connectivity index (χ4n) is 1.78. The third-order valence-corrected chi connectivity index (χ3v) is 3.84. The Morgan fingerprint density at radius 2 is 2.28 bits per heavy atom. The Labute approximate surface area is 108 Å². The molecule has 0 radical (unpaired) electrons. The van der Waals surface area contributed by atoms with E-state index in [0.717, 1.165) is 30.6 Å². The number of nitrogens with zero attached hydrogens (tertiary/aromatic N) is 1. The van der Waals surface area contributed by atoms with E-state index < -0.39 is 5.97 Å². The molecule has 2 rings (SSSR count). The van der Waals surface area contributed by atoms with Gasteiger partial charge >= 0.3 is 5.97 Å². The number of aromatic carboxylic acids is 1. The van der Waals surface area contributed by atoms with Gasteiger partial charge in [-0.05, 0) is 12.8 Å². The maximum Gasteiger partial charge on any atom is 0.347 e. The number of carbonyl (C=O) groups excluding carboxylic acids is 1. The highest BCUT2D eigenvalue weighted by Crippen LogP contribution is 2.40. The van der Waals surface area contributed by atoms with Crippen molar-refractivity contribution in [2.24, 2.45) is 0 Å². The largest absolute Gasteiger partial charge is 0.477 e. The zero-order valence-electron chi connectivity index (χ0n) is 9.93. The number of ether oxygens (including phenoxy) is 1. The summed E-state index contributed by atoms with van der Waals surface area (Å²) < 4.78 is 4.69. The van der Waals surface area contributed by atoms with Crippen LogP contribution in [0.15, 0.2) is 0 Å². The van der Waals surface area contributed by atoms with Crippen LogP contribution < -0.4 is 5.32 Å². The molecule has 98 valence electrons. The molecule has 1 aromatic rings. The number of aromatic nitrogens is 1. The lowest BCUT2D eigenvalue weighted by molar-refractivity contribution is -0.119. The summed E-state index contributed by atoms with van der Waals surface area (Å²) in [6.45, 7) is -0.0687. The van der Waals surface area contributed by atoms with Crippen LogP contribution in [0.1, 0.15) is 40.5 Å². The molecule has 7 heteroatoms. The third kappa shape index (κ3) is 2.68. The quantitative estimate of drug-likeness (QED) is 0.850.